The quantitative estimate of drug-likeness (QED) is 0.895. The van der Waals surface area contributed by atoms with Crippen LogP contribution in [-0.4, -0.2) is 15.7 Å². The maximum absolute atomic E-state index is 12.3. The number of aromatic nitrogens is 2. The Kier molecular flexibility index (Phi) is 3.75. The van der Waals surface area contributed by atoms with Crippen LogP contribution in [0.5, 0.6) is 0 Å². The molecule has 0 fully saturated rings. The number of fused-ring (bicyclic) bond motifs is 1. The Hall–Kier alpha value is -2.14. The molecule has 5 nitrogen and oxygen atoms in total. The number of benzene rings is 1. The van der Waals surface area contributed by atoms with E-state index in [4.69, 9.17) is 0 Å². The van der Waals surface area contributed by atoms with E-state index >= 15 is 0 Å². The predicted molar refractivity (Wildman–Crippen MR) is 80.7 cm³/mol. The highest BCUT2D eigenvalue weighted by Gasteiger charge is 2.14. The number of nitrogens with zero attached hydrogens (tertiary/aromatic N) is 2. The minimum Gasteiger partial charge on any atom is -0.348 e. The lowest BCUT2D eigenvalue weighted by atomic mass is 10.1. The van der Waals surface area contributed by atoms with Gasteiger partial charge in [-0.15, -0.1) is 0 Å². The summed E-state index contributed by atoms with van der Waals surface area (Å²) in [7, 11) is 1.84. The molecule has 2 N–H and O–H groups in total. The van der Waals surface area contributed by atoms with Gasteiger partial charge in [-0.25, -0.2) is 0 Å². The van der Waals surface area contributed by atoms with E-state index in [2.05, 4.69) is 33.9 Å². The third-order valence-corrected chi connectivity index (χ3v) is 3.84. The molecule has 1 aliphatic rings. The summed E-state index contributed by atoms with van der Waals surface area (Å²) >= 11 is 0. The van der Waals surface area contributed by atoms with Crippen molar-refractivity contribution in [3.63, 3.8) is 0 Å². The summed E-state index contributed by atoms with van der Waals surface area (Å²) in [4.78, 5) is 12.3. The minimum atomic E-state index is -0.0569. The number of rotatable bonds is 4. The molecule has 2 heterocycles. The Morgan fingerprint density at radius 1 is 1.38 bits per heavy atom. The van der Waals surface area contributed by atoms with E-state index < -0.39 is 0 Å². The fourth-order valence-electron chi connectivity index (χ4n) is 2.72. The molecule has 0 saturated carbocycles. The second kappa shape index (κ2) is 5.69. The number of carbonyl (C=O) groups excluding carboxylic acids is 1. The molecule has 0 radical (unpaired) electrons. The van der Waals surface area contributed by atoms with Gasteiger partial charge in [0, 0.05) is 32.9 Å². The van der Waals surface area contributed by atoms with E-state index in [0.717, 1.165) is 30.8 Å². The Balaban J connectivity index is 1.68. The van der Waals surface area contributed by atoms with Crippen LogP contribution in [0.15, 0.2) is 24.4 Å². The van der Waals surface area contributed by atoms with Gasteiger partial charge in [0.05, 0.1) is 11.3 Å². The van der Waals surface area contributed by atoms with Gasteiger partial charge < -0.3 is 10.6 Å². The highest BCUT2D eigenvalue weighted by molar-refractivity contribution is 5.95. The first kappa shape index (κ1) is 13.8. The molecule has 110 valence electrons. The van der Waals surface area contributed by atoms with Crippen molar-refractivity contribution < 1.29 is 4.79 Å². The van der Waals surface area contributed by atoms with Gasteiger partial charge in [0.15, 0.2) is 0 Å². The largest absolute Gasteiger partial charge is 0.348 e. The highest BCUT2D eigenvalue weighted by Crippen LogP contribution is 2.17. The third-order valence-electron chi connectivity index (χ3n) is 3.84. The summed E-state index contributed by atoms with van der Waals surface area (Å²) in [5.74, 6) is -0.0569. The lowest BCUT2D eigenvalue weighted by Crippen LogP contribution is -2.23. The number of hydrogen-bond donors (Lipinski definition) is 2. The topological polar surface area (TPSA) is 59.0 Å². The van der Waals surface area contributed by atoms with Crippen molar-refractivity contribution in [1.29, 1.82) is 0 Å². The van der Waals surface area contributed by atoms with E-state index in [-0.39, 0.29) is 5.91 Å². The van der Waals surface area contributed by atoms with Crippen LogP contribution in [0.25, 0.3) is 0 Å². The van der Waals surface area contributed by atoms with Crippen molar-refractivity contribution in [3.05, 3.63) is 52.3 Å². The van der Waals surface area contributed by atoms with Crippen molar-refractivity contribution in [2.45, 2.75) is 33.0 Å². The molecule has 0 saturated heterocycles. The van der Waals surface area contributed by atoms with Gasteiger partial charge in [-0.1, -0.05) is 25.1 Å². The van der Waals surface area contributed by atoms with Crippen LogP contribution < -0.4 is 10.6 Å². The highest BCUT2D eigenvalue weighted by atomic mass is 16.1. The normalized spacial score (nSPS) is 13.2. The van der Waals surface area contributed by atoms with Gasteiger partial charge in [0.2, 0.25) is 0 Å². The van der Waals surface area contributed by atoms with E-state index in [1.165, 1.54) is 11.1 Å². The van der Waals surface area contributed by atoms with Crippen LogP contribution in [0.3, 0.4) is 0 Å². The van der Waals surface area contributed by atoms with Crippen LogP contribution >= 0.6 is 0 Å². The summed E-state index contributed by atoms with van der Waals surface area (Å²) < 4.78 is 1.69. The van der Waals surface area contributed by atoms with E-state index in [0.29, 0.717) is 12.1 Å². The lowest BCUT2D eigenvalue weighted by molar-refractivity contribution is 0.0950. The molecule has 1 aromatic carbocycles. The second-order valence-electron chi connectivity index (χ2n) is 5.41. The predicted octanol–water partition coefficient (Wildman–Crippen LogP) is 1.52. The van der Waals surface area contributed by atoms with Crippen LogP contribution in [0.2, 0.25) is 0 Å². The zero-order valence-corrected chi connectivity index (χ0v) is 12.4. The van der Waals surface area contributed by atoms with E-state index in [1.54, 1.807) is 10.9 Å². The summed E-state index contributed by atoms with van der Waals surface area (Å²) in [5.41, 5.74) is 5.33. The van der Waals surface area contributed by atoms with Crippen molar-refractivity contribution in [2.24, 2.45) is 7.05 Å². The van der Waals surface area contributed by atoms with Crippen LogP contribution in [-0.2, 0) is 33.1 Å². The maximum atomic E-state index is 12.3. The number of aryl methyl sites for hydroxylation is 2. The van der Waals surface area contributed by atoms with Crippen LogP contribution in [0.1, 0.15) is 39.7 Å². The standard InChI is InChI=1S/C16H20N4O/c1-3-15-14(10-20(2)19-15)16(21)18-7-11-4-5-12-8-17-9-13(12)6-11/h4-6,10,17H,3,7-9H2,1-2H3,(H,18,21). The second-order valence-corrected chi connectivity index (χ2v) is 5.41. The molecule has 5 heteroatoms. The monoisotopic (exact) mass is 284 g/mol. The summed E-state index contributed by atoms with van der Waals surface area (Å²) in [6.07, 6.45) is 2.54. The molecule has 0 unspecified atom stereocenters. The molecule has 2 aromatic rings. The summed E-state index contributed by atoms with van der Waals surface area (Å²) in [6.45, 7) is 4.41. The lowest BCUT2D eigenvalue weighted by Gasteiger charge is -2.07. The first-order chi connectivity index (χ1) is 10.2. The zero-order valence-electron chi connectivity index (χ0n) is 12.4. The molecule has 21 heavy (non-hydrogen) atoms. The van der Waals surface area contributed by atoms with Crippen LogP contribution in [0, 0.1) is 0 Å². The Bertz CT molecular complexity index is 675. The minimum absolute atomic E-state index is 0.0569. The molecule has 0 atom stereocenters. The smallest absolute Gasteiger partial charge is 0.255 e. The van der Waals surface area contributed by atoms with Crippen LogP contribution in [0.4, 0.5) is 0 Å². The zero-order chi connectivity index (χ0) is 14.8. The fraction of sp³-hybridized carbons (Fsp3) is 0.375. The molecule has 0 aliphatic carbocycles. The molecule has 1 aliphatic heterocycles. The molecule has 1 amide bonds. The molecule has 0 spiro atoms. The number of nitrogens with one attached hydrogen (secondary N) is 2. The van der Waals surface area contributed by atoms with Gasteiger partial charge in [0.1, 0.15) is 0 Å². The number of hydrogen-bond acceptors (Lipinski definition) is 3. The molecule has 1 aromatic heterocycles. The molecular weight excluding hydrogens is 264 g/mol. The van der Waals surface area contributed by atoms with Gasteiger partial charge in [-0.2, -0.15) is 5.10 Å². The van der Waals surface area contributed by atoms with E-state index in [9.17, 15) is 4.79 Å². The first-order valence-corrected chi connectivity index (χ1v) is 7.29. The Morgan fingerprint density at radius 2 is 2.19 bits per heavy atom. The van der Waals surface area contributed by atoms with Crippen molar-refractivity contribution in [2.75, 3.05) is 0 Å². The van der Waals surface area contributed by atoms with Crippen molar-refractivity contribution >= 4 is 5.91 Å². The number of carbonyl (C=O) groups is 1. The molecule has 0 bridgehead atoms. The van der Waals surface area contributed by atoms with Crippen molar-refractivity contribution in [3.8, 4) is 0 Å². The van der Waals surface area contributed by atoms with Gasteiger partial charge in [0.25, 0.3) is 5.91 Å². The average Bonchev–Trinajstić information content (AvgIpc) is 3.09. The maximum Gasteiger partial charge on any atom is 0.255 e. The summed E-state index contributed by atoms with van der Waals surface area (Å²) in [5, 5.41) is 10.6. The SMILES string of the molecule is CCc1nn(C)cc1C(=O)NCc1ccc2c(c1)CNC2. The average molecular weight is 284 g/mol. The summed E-state index contributed by atoms with van der Waals surface area (Å²) in [6, 6.07) is 6.38. The molecule has 3 rings (SSSR count). The van der Waals surface area contributed by atoms with E-state index in [1.807, 2.05) is 14.0 Å². The number of amides is 1. The van der Waals surface area contributed by atoms with Gasteiger partial charge in [-0.3, -0.25) is 9.48 Å². The van der Waals surface area contributed by atoms with Gasteiger partial charge >= 0.3 is 0 Å². The Labute approximate surface area is 124 Å². The molecular formula is C16H20N4O. The third kappa shape index (κ3) is 2.83. The first-order valence-electron chi connectivity index (χ1n) is 7.29. The van der Waals surface area contributed by atoms with Gasteiger partial charge in [-0.05, 0) is 23.1 Å². The fourth-order valence-corrected chi connectivity index (χ4v) is 2.72. The van der Waals surface area contributed by atoms with Crippen molar-refractivity contribution in [1.82, 2.24) is 20.4 Å². The Morgan fingerprint density at radius 3 is 3.00 bits per heavy atom.